The van der Waals surface area contributed by atoms with Gasteiger partial charge in [0.2, 0.25) is 5.91 Å². The fourth-order valence-corrected chi connectivity index (χ4v) is 3.54. The zero-order chi connectivity index (χ0) is 19.6. The summed E-state index contributed by atoms with van der Waals surface area (Å²) in [5, 5.41) is 5.89. The summed E-state index contributed by atoms with van der Waals surface area (Å²) >= 11 is 0. The SMILES string of the molecule is COc1ccccc1C(C)N(C)C(=O)CCCNC(=O)NC1CCCCC1. The molecule has 27 heavy (non-hydrogen) atoms. The Labute approximate surface area is 162 Å². The topological polar surface area (TPSA) is 70.7 Å². The van der Waals surface area contributed by atoms with Crippen LogP contribution in [-0.4, -0.2) is 43.6 Å². The Kier molecular flexibility index (Phi) is 8.43. The third kappa shape index (κ3) is 6.45. The second-order valence-electron chi connectivity index (χ2n) is 7.26. The standard InChI is InChI=1S/C21H33N3O3/c1-16(18-12-7-8-13-19(18)27-3)24(2)20(25)14-9-15-22-21(26)23-17-10-5-4-6-11-17/h7-8,12-13,16-17H,4-6,9-11,14-15H2,1-3H3,(H2,22,23,26). The van der Waals surface area contributed by atoms with Crippen LogP contribution in [-0.2, 0) is 4.79 Å². The lowest BCUT2D eigenvalue weighted by Gasteiger charge is -2.26. The molecule has 1 atom stereocenters. The number of nitrogens with one attached hydrogen (secondary N) is 2. The molecule has 150 valence electrons. The van der Waals surface area contributed by atoms with Crippen LogP contribution in [0.5, 0.6) is 5.75 Å². The summed E-state index contributed by atoms with van der Waals surface area (Å²) in [6.45, 7) is 2.49. The Hall–Kier alpha value is -2.24. The number of carbonyl (C=O) groups is 2. The Bertz CT molecular complexity index is 614. The van der Waals surface area contributed by atoms with Gasteiger partial charge in [-0.3, -0.25) is 4.79 Å². The van der Waals surface area contributed by atoms with Crippen molar-refractivity contribution >= 4 is 11.9 Å². The number of nitrogens with zero attached hydrogens (tertiary/aromatic N) is 1. The lowest BCUT2D eigenvalue weighted by molar-refractivity contribution is -0.131. The van der Waals surface area contributed by atoms with E-state index >= 15 is 0 Å². The molecule has 0 spiro atoms. The molecule has 0 aromatic heterocycles. The number of amides is 3. The van der Waals surface area contributed by atoms with Crippen LogP contribution in [0.3, 0.4) is 0 Å². The molecule has 0 heterocycles. The van der Waals surface area contributed by atoms with Gasteiger partial charge in [-0.1, -0.05) is 37.5 Å². The fraction of sp³-hybridized carbons (Fsp3) is 0.619. The summed E-state index contributed by atoms with van der Waals surface area (Å²) in [5.74, 6) is 0.841. The molecule has 1 aromatic rings. The van der Waals surface area contributed by atoms with Crippen molar-refractivity contribution in [2.24, 2.45) is 0 Å². The minimum absolute atomic E-state index is 0.0582. The number of benzene rings is 1. The van der Waals surface area contributed by atoms with Crippen molar-refractivity contribution in [2.75, 3.05) is 20.7 Å². The number of hydrogen-bond donors (Lipinski definition) is 2. The highest BCUT2D eigenvalue weighted by Crippen LogP contribution is 2.28. The molecule has 0 radical (unpaired) electrons. The van der Waals surface area contributed by atoms with Crippen LogP contribution in [0.1, 0.15) is 63.5 Å². The highest BCUT2D eigenvalue weighted by Gasteiger charge is 2.20. The fourth-order valence-electron chi connectivity index (χ4n) is 3.54. The van der Waals surface area contributed by atoms with E-state index < -0.39 is 0 Å². The van der Waals surface area contributed by atoms with E-state index in [2.05, 4.69) is 10.6 Å². The number of para-hydroxylation sites is 1. The van der Waals surface area contributed by atoms with Crippen LogP contribution in [0.2, 0.25) is 0 Å². The largest absolute Gasteiger partial charge is 0.496 e. The zero-order valence-electron chi connectivity index (χ0n) is 16.8. The van der Waals surface area contributed by atoms with Crippen molar-refractivity contribution in [3.63, 3.8) is 0 Å². The summed E-state index contributed by atoms with van der Waals surface area (Å²) in [6, 6.07) is 7.85. The van der Waals surface area contributed by atoms with Crippen molar-refractivity contribution in [3.05, 3.63) is 29.8 Å². The van der Waals surface area contributed by atoms with Gasteiger partial charge in [0.1, 0.15) is 5.75 Å². The van der Waals surface area contributed by atoms with E-state index in [1.807, 2.05) is 38.2 Å². The van der Waals surface area contributed by atoms with E-state index in [-0.39, 0.29) is 18.0 Å². The molecule has 3 amide bonds. The molecule has 2 N–H and O–H groups in total. The average Bonchev–Trinajstić information content (AvgIpc) is 2.70. The number of rotatable bonds is 8. The minimum atomic E-state index is -0.120. The van der Waals surface area contributed by atoms with Gasteiger partial charge in [-0.05, 0) is 32.3 Å². The highest BCUT2D eigenvalue weighted by atomic mass is 16.5. The molecule has 1 unspecified atom stereocenters. The first-order valence-corrected chi connectivity index (χ1v) is 9.96. The predicted molar refractivity (Wildman–Crippen MR) is 107 cm³/mol. The van der Waals surface area contributed by atoms with Crippen LogP contribution < -0.4 is 15.4 Å². The monoisotopic (exact) mass is 375 g/mol. The Morgan fingerprint density at radius 3 is 2.63 bits per heavy atom. The molecule has 1 aliphatic rings. The van der Waals surface area contributed by atoms with Crippen LogP contribution in [0.25, 0.3) is 0 Å². The highest BCUT2D eigenvalue weighted by molar-refractivity contribution is 5.77. The molecular weight excluding hydrogens is 342 g/mol. The van der Waals surface area contributed by atoms with E-state index in [1.165, 1.54) is 19.3 Å². The summed E-state index contributed by atoms with van der Waals surface area (Å²) in [5.41, 5.74) is 0.987. The maximum Gasteiger partial charge on any atom is 0.315 e. The first kappa shape index (κ1) is 21.1. The predicted octanol–water partition coefficient (Wildman–Crippen LogP) is 3.63. The van der Waals surface area contributed by atoms with E-state index in [9.17, 15) is 9.59 Å². The van der Waals surface area contributed by atoms with Crippen LogP contribution in [0, 0.1) is 0 Å². The second kappa shape index (κ2) is 10.8. The molecule has 0 aliphatic heterocycles. The maximum atomic E-state index is 12.5. The second-order valence-corrected chi connectivity index (χ2v) is 7.26. The van der Waals surface area contributed by atoms with Crippen molar-refractivity contribution in [1.29, 1.82) is 0 Å². The molecule has 1 aliphatic carbocycles. The first-order chi connectivity index (χ1) is 13.0. The molecule has 0 bridgehead atoms. The minimum Gasteiger partial charge on any atom is -0.496 e. The van der Waals surface area contributed by atoms with Crippen molar-refractivity contribution in [2.45, 2.75) is 64.0 Å². The van der Waals surface area contributed by atoms with E-state index in [1.54, 1.807) is 12.0 Å². The Morgan fingerprint density at radius 2 is 1.93 bits per heavy atom. The van der Waals surface area contributed by atoms with Gasteiger partial charge in [0, 0.05) is 31.6 Å². The molecule has 1 saturated carbocycles. The normalized spacial score (nSPS) is 15.7. The van der Waals surface area contributed by atoms with Gasteiger partial charge in [0.05, 0.1) is 13.2 Å². The van der Waals surface area contributed by atoms with Crippen molar-refractivity contribution < 1.29 is 14.3 Å². The molecule has 6 heteroatoms. The number of carbonyl (C=O) groups excluding carboxylic acids is 2. The van der Waals surface area contributed by atoms with Gasteiger partial charge < -0.3 is 20.3 Å². The van der Waals surface area contributed by atoms with E-state index in [4.69, 9.17) is 4.74 Å². The summed E-state index contributed by atoms with van der Waals surface area (Å²) in [6.07, 6.45) is 6.81. The van der Waals surface area contributed by atoms with Gasteiger partial charge in [-0.2, -0.15) is 0 Å². The zero-order valence-corrected chi connectivity index (χ0v) is 16.8. The van der Waals surface area contributed by atoms with Gasteiger partial charge in [-0.25, -0.2) is 4.79 Å². The first-order valence-electron chi connectivity index (χ1n) is 9.96. The molecule has 1 aromatic carbocycles. The third-order valence-electron chi connectivity index (χ3n) is 5.36. The molecule has 0 saturated heterocycles. The Balaban J connectivity index is 1.70. The van der Waals surface area contributed by atoms with E-state index in [0.29, 0.717) is 25.4 Å². The van der Waals surface area contributed by atoms with Crippen LogP contribution >= 0.6 is 0 Å². The van der Waals surface area contributed by atoms with E-state index in [0.717, 1.165) is 24.2 Å². The number of hydrogen-bond acceptors (Lipinski definition) is 3. The molecule has 1 fully saturated rings. The third-order valence-corrected chi connectivity index (χ3v) is 5.36. The summed E-state index contributed by atoms with van der Waals surface area (Å²) < 4.78 is 5.39. The summed E-state index contributed by atoms with van der Waals surface area (Å²) in [7, 11) is 3.44. The Morgan fingerprint density at radius 1 is 1.22 bits per heavy atom. The summed E-state index contributed by atoms with van der Waals surface area (Å²) in [4.78, 5) is 26.1. The molecule has 2 rings (SSSR count). The van der Waals surface area contributed by atoms with Gasteiger partial charge in [0.15, 0.2) is 0 Å². The van der Waals surface area contributed by atoms with Crippen LogP contribution in [0.4, 0.5) is 4.79 Å². The maximum absolute atomic E-state index is 12.5. The number of methoxy groups -OCH3 is 1. The number of ether oxygens (including phenoxy) is 1. The quantitative estimate of drug-likeness (QED) is 0.682. The van der Waals surface area contributed by atoms with Gasteiger partial charge in [0.25, 0.3) is 0 Å². The average molecular weight is 376 g/mol. The lowest BCUT2D eigenvalue weighted by Crippen LogP contribution is -2.43. The van der Waals surface area contributed by atoms with Gasteiger partial charge in [-0.15, -0.1) is 0 Å². The molecule has 6 nitrogen and oxygen atoms in total. The smallest absolute Gasteiger partial charge is 0.315 e. The van der Waals surface area contributed by atoms with Crippen LogP contribution in [0.15, 0.2) is 24.3 Å². The lowest BCUT2D eigenvalue weighted by atomic mass is 9.96. The van der Waals surface area contributed by atoms with Crippen molar-refractivity contribution in [3.8, 4) is 5.75 Å². The van der Waals surface area contributed by atoms with Crippen molar-refractivity contribution in [1.82, 2.24) is 15.5 Å². The van der Waals surface area contributed by atoms with Gasteiger partial charge >= 0.3 is 6.03 Å². The molecular formula is C21H33N3O3. The number of urea groups is 1.